The van der Waals surface area contributed by atoms with Crippen LogP contribution in [-0.4, -0.2) is 25.1 Å². The molecule has 0 aliphatic carbocycles. The first-order valence-corrected chi connectivity index (χ1v) is 10.5. The number of rotatable bonds is 15. The molecule has 0 N–H and O–H groups in total. The molecule has 1 atom stereocenters. The summed E-state index contributed by atoms with van der Waals surface area (Å²) < 4.78 is 10.5. The van der Waals surface area contributed by atoms with Crippen molar-refractivity contribution < 1.29 is 14.3 Å². The molecule has 1 aromatic rings. The van der Waals surface area contributed by atoms with E-state index in [0.717, 1.165) is 12.8 Å². The molecule has 0 saturated heterocycles. The van der Waals surface area contributed by atoms with Crippen LogP contribution in [-0.2, 0) is 14.3 Å². The highest BCUT2D eigenvalue weighted by atomic mass is 32.2. The molecule has 142 valence electrons. The van der Waals surface area contributed by atoms with Gasteiger partial charge in [-0.2, -0.15) is 0 Å². The Morgan fingerprint density at radius 1 is 0.920 bits per heavy atom. The first-order valence-electron chi connectivity index (χ1n) is 9.60. The maximum atomic E-state index is 10.6. The molecule has 3 nitrogen and oxygen atoms in total. The van der Waals surface area contributed by atoms with Crippen LogP contribution in [0.3, 0.4) is 0 Å². The highest BCUT2D eigenvalue weighted by Crippen LogP contribution is 2.27. The Balaban J connectivity index is 1.89. The number of carbonyl (C=O) groups is 1. The van der Waals surface area contributed by atoms with Crippen molar-refractivity contribution in [3.8, 4) is 0 Å². The quantitative estimate of drug-likeness (QED) is 0.160. The minimum Gasteiger partial charge on any atom is -0.466 e. The van der Waals surface area contributed by atoms with Gasteiger partial charge < -0.3 is 9.47 Å². The van der Waals surface area contributed by atoms with E-state index in [1.54, 1.807) is 0 Å². The third-order valence-corrected chi connectivity index (χ3v) is 5.40. The molecule has 0 amide bonds. The lowest BCUT2D eigenvalue weighted by Gasteiger charge is -2.14. The van der Waals surface area contributed by atoms with Crippen molar-refractivity contribution in [2.75, 3.05) is 13.7 Å². The lowest BCUT2D eigenvalue weighted by Crippen LogP contribution is -2.04. The number of esters is 1. The average Bonchev–Trinajstić information content (AvgIpc) is 2.62. The second kappa shape index (κ2) is 15.3. The SMILES string of the molecule is COC(CCCCCCCCCCCOC(C)=O)Sc1ccccc1. The molecule has 0 radical (unpaired) electrons. The number of carbonyl (C=O) groups excluding carboxylic acids is 1. The molecule has 0 bridgehead atoms. The van der Waals surface area contributed by atoms with E-state index in [0.29, 0.717) is 6.61 Å². The van der Waals surface area contributed by atoms with Crippen molar-refractivity contribution in [2.24, 2.45) is 0 Å². The predicted molar refractivity (Wildman–Crippen MR) is 106 cm³/mol. The average molecular weight is 367 g/mol. The number of methoxy groups -OCH3 is 1. The fraction of sp³-hybridized carbons (Fsp3) is 0.667. The highest BCUT2D eigenvalue weighted by molar-refractivity contribution is 7.99. The molecule has 0 aliphatic rings. The maximum Gasteiger partial charge on any atom is 0.302 e. The van der Waals surface area contributed by atoms with Crippen LogP contribution in [0, 0.1) is 0 Å². The summed E-state index contributed by atoms with van der Waals surface area (Å²) in [7, 11) is 1.81. The lowest BCUT2D eigenvalue weighted by atomic mass is 10.1. The maximum absolute atomic E-state index is 10.6. The minimum atomic E-state index is -0.169. The van der Waals surface area contributed by atoms with Gasteiger partial charge in [-0.25, -0.2) is 0 Å². The normalized spacial score (nSPS) is 12.1. The van der Waals surface area contributed by atoms with Gasteiger partial charge in [0.2, 0.25) is 0 Å². The van der Waals surface area contributed by atoms with Gasteiger partial charge in [-0.05, 0) is 31.4 Å². The molecule has 0 aromatic heterocycles. The lowest BCUT2D eigenvalue weighted by molar-refractivity contribution is -0.141. The zero-order valence-corrected chi connectivity index (χ0v) is 16.7. The molecular weight excluding hydrogens is 332 g/mol. The van der Waals surface area contributed by atoms with Crippen molar-refractivity contribution in [3.05, 3.63) is 30.3 Å². The molecule has 4 heteroatoms. The molecule has 1 rings (SSSR count). The summed E-state index contributed by atoms with van der Waals surface area (Å²) >= 11 is 1.82. The Morgan fingerprint density at radius 3 is 2.04 bits per heavy atom. The molecule has 1 unspecified atom stereocenters. The summed E-state index contributed by atoms with van der Waals surface area (Å²) in [5, 5.41) is 0. The van der Waals surface area contributed by atoms with Gasteiger partial charge in [-0.1, -0.05) is 74.9 Å². The predicted octanol–water partition coefficient (Wildman–Crippen LogP) is 6.22. The van der Waals surface area contributed by atoms with Crippen molar-refractivity contribution in [2.45, 2.75) is 81.5 Å². The van der Waals surface area contributed by atoms with E-state index in [9.17, 15) is 4.79 Å². The highest BCUT2D eigenvalue weighted by Gasteiger charge is 2.08. The molecule has 0 saturated carbocycles. The third kappa shape index (κ3) is 12.9. The van der Waals surface area contributed by atoms with Crippen LogP contribution in [0.4, 0.5) is 0 Å². The van der Waals surface area contributed by atoms with Crippen LogP contribution in [0.5, 0.6) is 0 Å². The van der Waals surface area contributed by atoms with Gasteiger partial charge in [0, 0.05) is 18.9 Å². The monoisotopic (exact) mass is 366 g/mol. The zero-order chi connectivity index (χ0) is 18.2. The topological polar surface area (TPSA) is 35.5 Å². The van der Waals surface area contributed by atoms with E-state index in [1.807, 2.05) is 24.9 Å². The fourth-order valence-electron chi connectivity index (χ4n) is 2.74. The zero-order valence-electron chi connectivity index (χ0n) is 15.9. The summed E-state index contributed by atoms with van der Waals surface area (Å²) in [5.74, 6) is -0.169. The number of hydrogen-bond donors (Lipinski definition) is 0. The standard InChI is InChI=1S/C21H34O3S/c1-19(22)24-18-14-9-7-5-3-4-6-8-13-17-21(23-2)25-20-15-11-10-12-16-20/h10-12,15-16,21H,3-9,13-14,17-18H2,1-2H3. The third-order valence-electron chi connectivity index (χ3n) is 4.16. The number of hydrogen-bond acceptors (Lipinski definition) is 4. The van der Waals surface area contributed by atoms with E-state index >= 15 is 0 Å². The van der Waals surface area contributed by atoms with Gasteiger partial charge in [-0.15, -0.1) is 0 Å². The van der Waals surface area contributed by atoms with E-state index in [-0.39, 0.29) is 11.4 Å². The summed E-state index contributed by atoms with van der Waals surface area (Å²) in [5.41, 5.74) is 0.264. The molecule has 25 heavy (non-hydrogen) atoms. The van der Waals surface area contributed by atoms with Gasteiger partial charge in [0.1, 0.15) is 5.44 Å². The van der Waals surface area contributed by atoms with Gasteiger partial charge in [0.05, 0.1) is 6.61 Å². The Labute approximate surface area is 157 Å². The van der Waals surface area contributed by atoms with Crippen LogP contribution in [0.1, 0.15) is 71.1 Å². The molecule has 0 fully saturated rings. The second-order valence-electron chi connectivity index (χ2n) is 6.41. The Hall–Kier alpha value is -1.00. The molecule has 0 aliphatic heterocycles. The Bertz CT molecular complexity index is 436. The largest absolute Gasteiger partial charge is 0.466 e. The van der Waals surface area contributed by atoms with Crippen molar-refractivity contribution in [1.29, 1.82) is 0 Å². The molecular formula is C21H34O3S. The van der Waals surface area contributed by atoms with E-state index in [2.05, 4.69) is 24.3 Å². The Morgan fingerprint density at radius 2 is 1.48 bits per heavy atom. The van der Waals surface area contributed by atoms with Gasteiger partial charge in [0.25, 0.3) is 0 Å². The first-order chi connectivity index (χ1) is 12.2. The number of unbranched alkanes of at least 4 members (excludes halogenated alkanes) is 8. The number of ether oxygens (including phenoxy) is 2. The van der Waals surface area contributed by atoms with Crippen LogP contribution in [0.25, 0.3) is 0 Å². The first kappa shape index (κ1) is 22.0. The summed E-state index contributed by atoms with van der Waals surface area (Å²) in [6, 6.07) is 10.5. The van der Waals surface area contributed by atoms with Gasteiger partial charge in [0.15, 0.2) is 0 Å². The molecule has 1 aromatic carbocycles. The Kier molecular flexibility index (Phi) is 13.5. The van der Waals surface area contributed by atoms with Gasteiger partial charge >= 0.3 is 5.97 Å². The smallest absolute Gasteiger partial charge is 0.302 e. The molecule has 0 spiro atoms. The van der Waals surface area contributed by atoms with Crippen molar-refractivity contribution in [1.82, 2.24) is 0 Å². The van der Waals surface area contributed by atoms with Gasteiger partial charge in [-0.3, -0.25) is 4.79 Å². The number of benzene rings is 1. The molecule has 0 heterocycles. The van der Waals surface area contributed by atoms with E-state index < -0.39 is 0 Å². The van der Waals surface area contributed by atoms with Crippen molar-refractivity contribution >= 4 is 17.7 Å². The fourth-order valence-corrected chi connectivity index (χ4v) is 3.74. The second-order valence-corrected chi connectivity index (χ2v) is 7.64. The number of thioether (sulfide) groups is 1. The summed E-state index contributed by atoms with van der Waals surface area (Å²) in [6.07, 6.45) is 12.3. The summed E-state index contributed by atoms with van der Waals surface area (Å²) in [6.45, 7) is 2.05. The van der Waals surface area contributed by atoms with Crippen LogP contribution >= 0.6 is 11.8 Å². The van der Waals surface area contributed by atoms with Crippen LogP contribution in [0.2, 0.25) is 0 Å². The van der Waals surface area contributed by atoms with Crippen molar-refractivity contribution in [3.63, 3.8) is 0 Å². The van der Waals surface area contributed by atoms with Crippen LogP contribution < -0.4 is 0 Å². The van der Waals surface area contributed by atoms with Crippen LogP contribution in [0.15, 0.2) is 35.2 Å². The van der Waals surface area contributed by atoms with E-state index in [4.69, 9.17) is 9.47 Å². The summed E-state index contributed by atoms with van der Waals surface area (Å²) in [4.78, 5) is 11.9. The van der Waals surface area contributed by atoms with E-state index in [1.165, 1.54) is 63.2 Å². The minimum absolute atomic E-state index is 0.169.